The van der Waals surface area contributed by atoms with Crippen molar-refractivity contribution in [3.05, 3.63) is 37.4 Å². The molecule has 0 unspecified atom stereocenters. The SMILES string of the molecule is O=C(c1cc([N+](=O)[O-])ccc1I)N1CCC(O)CC1. The van der Waals surface area contributed by atoms with Crippen LogP contribution in [0.25, 0.3) is 0 Å². The lowest BCUT2D eigenvalue weighted by Gasteiger charge is -2.29. The van der Waals surface area contributed by atoms with Gasteiger partial charge in [-0.2, -0.15) is 0 Å². The second-order valence-electron chi connectivity index (χ2n) is 4.44. The van der Waals surface area contributed by atoms with Crippen molar-refractivity contribution in [2.75, 3.05) is 13.1 Å². The highest BCUT2D eigenvalue weighted by atomic mass is 127. The van der Waals surface area contributed by atoms with Gasteiger partial charge in [0.2, 0.25) is 0 Å². The van der Waals surface area contributed by atoms with Crippen LogP contribution >= 0.6 is 22.6 Å². The molecule has 0 spiro atoms. The third kappa shape index (κ3) is 3.21. The molecule has 0 radical (unpaired) electrons. The zero-order valence-corrected chi connectivity index (χ0v) is 12.2. The van der Waals surface area contributed by atoms with Crippen molar-refractivity contribution >= 4 is 34.2 Å². The summed E-state index contributed by atoms with van der Waals surface area (Å²) in [5, 5.41) is 20.2. The Kier molecular flexibility index (Phi) is 4.35. The zero-order valence-electron chi connectivity index (χ0n) is 10.1. The number of aliphatic hydroxyl groups excluding tert-OH is 1. The first-order valence-electron chi connectivity index (χ1n) is 5.90. The number of amides is 1. The molecule has 1 amide bonds. The van der Waals surface area contributed by atoms with E-state index in [0.717, 1.165) is 0 Å². The Morgan fingerprint density at radius 3 is 2.63 bits per heavy atom. The van der Waals surface area contributed by atoms with Crippen molar-refractivity contribution in [3.8, 4) is 0 Å². The van der Waals surface area contributed by atoms with Crippen LogP contribution < -0.4 is 0 Å². The molecule has 0 atom stereocenters. The number of nitrogens with zero attached hydrogens (tertiary/aromatic N) is 2. The summed E-state index contributed by atoms with van der Waals surface area (Å²) in [6, 6.07) is 4.28. The van der Waals surface area contributed by atoms with E-state index in [1.54, 1.807) is 11.0 Å². The number of non-ortho nitro benzene ring substituents is 1. The van der Waals surface area contributed by atoms with Crippen molar-refractivity contribution < 1.29 is 14.8 Å². The van der Waals surface area contributed by atoms with E-state index in [0.29, 0.717) is 35.1 Å². The molecular weight excluding hydrogens is 363 g/mol. The van der Waals surface area contributed by atoms with E-state index in [1.165, 1.54) is 12.1 Å². The molecule has 1 aromatic carbocycles. The summed E-state index contributed by atoms with van der Waals surface area (Å²) < 4.78 is 0.694. The Balaban J connectivity index is 2.23. The monoisotopic (exact) mass is 376 g/mol. The Bertz CT molecular complexity index is 512. The average Bonchev–Trinajstić information content (AvgIpc) is 2.39. The molecule has 7 heteroatoms. The van der Waals surface area contributed by atoms with Crippen molar-refractivity contribution in [3.63, 3.8) is 0 Å². The molecule has 102 valence electrons. The summed E-state index contributed by atoms with van der Waals surface area (Å²) in [5.74, 6) is -0.208. The van der Waals surface area contributed by atoms with Crippen LogP contribution in [0.1, 0.15) is 23.2 Å². The molecule has 1 aliphatic heterocycles. The van der Waals surface area contributed by atoms with E-state index in [4.69, 9.17) is 0 Å². The normalized spacial score (nSPS) is 16.4. The van der Waals surface area contributed by atoms with Gasteiger partial charge < -0.3 is 10.0 Å². The summed E-state index contributed by atoms with van der Waals surface area (Å²) in [6.45, 7) is 0.970. The van der Waals surface area contributed by atoms with Gasteiger partial charge in [0.1, 0.15) is 0 Å². The largest absolute Gasteiger partial charge is 0.393 e. The summed E-state index contributed by atoms with van der Waals surface area (Å²) in [4.78, 5) is 24.2. The fraction of sp³-hybridized carbons (Fsp3) is 0.417. The average molecular weight is 376 g/mol. The van der Waals surface area contributed by atoms with Crippen molar-refractivity contribution in [2.24, 2.45) is 0 Å². The van der Waals surface area contributed by atoms with Crippen molar-refractivity contribution in [1.82, 2.24) is 4.90 Å². The summed E-state index contributed by atoms with van der Waals surface area (Å²) in [5.41, 5.74) is 0.270. The lowest BCUT2D eigenvalue weighted by Crippen LogP contribution is -2.40. The second kappa shape index (κ2) is 5.83. The van der Waals surface area contributed by atoms with Crippen LogP contribution in [0.2, 0.25) is 0 Å². The molecule has 0 bridgehead atoms. The maximum absolute atomic E-state index is 12.3. The van der Waals surface area contributed by atoms with E-state index in [9.17, 15) is 20.0 Å². The summed E-state index contributed by atoms with van der Waals surface area (Å²) in [6.07, 6.45) is 0.752. The van der Waals surface area contributed by atoms with Gasteiger partial charge in [-0.25, -0.2) is 0 Å². The fourth-order valence-corrected chi connectivity index (χ4v) is 2.60. The van der Waals surface area contributed by atoms with Crippen LogP contribution in [0.15, 0.2) is 18.2 Å². The van der Waals surface area contributed by atoms with Crippen LogP contribution in [0.3, 0.4) is 0 Å². The van der Waals surface area contributed by atoms with Crippen molar-refractivity contribution in [1.29, 1.82) is 0 Å². The number of nitro benzene ring substituents is 1. The van der Waals surface area contributed by atoms with Gasteiger partial charge in [0.05, 0.1) is 16.6 Å². The first kappa shape index (κ1) is 14.2. The maximum atomic E-state index is 12.3. The number of hydrogen-bond acceptors (Lipinski definition) is 4. The molecule has 1 N–H and O–H groups in total. The number of nitro groups is 1. The minimum absolute atomic E-state index is 0.0826. The Hall–Kier alpha value is -1.22. The molecule has 2 rings (SSSR count). The number of hydrogen-bond donors (Lipinski definition) is 1. The van der Waals surface area contributed by atoms with Gasteiger partial charge in [-0.15, -0.1) is 0 Å². The highest BCUT2D eigenvalue weighted by Crippen LogP contribution is 2.22. The van der Waals surface area contributed by atoms with Crippen LogP contribution in [-0.2, 0) is 0 Å². The second-order valence-corrected chi connectivity index (χ2v) is 5.61. The quantitative estimate of drug-likeness (QED) is 0.485. The number of carbonyl (C=O) groups is 1. The van der Waals surface area contributed by atoms with E-state index in [2.05, 4.69) is 0 Å². The lowest BCUT2D eigenvalue weighted by molar-refractivity contribution is -0.384. The molecule has 1 saturated heterocycles. The number of aliphatic hydroxyl groups is 1. The number of piperidine rings is 1. The van der Waals surface area contributed by atoms with E-state index in [-0.39, 0.29) is 17.7 Å². The molecule has 1 aromatic rings. The van der Waals surface area contributed by atoms with Gasteiger partial charge in [0.25, 0.3) is 11.6 Å². The molecule has 1 heterocycles. The Morgan fingerprint density at radius 1 is 1.42 bits per heavy atom. The first-order valence-corrected chi connectivity index (χ1v) is 6.98. The smallest absolute Gasteiger partial charge is 0.270 e. The van der Waals surface area contributed by atoms with Gasteiger partial charge in [-0.1, -0.05) is 0 Å². The zero-order chi connectivity index (χ0) is 14.0. The summed E-state index contributed by atoms with van der Waals surface area (Å²) >= 11 is 2.00. The topological polar surface area (TPSA) is 83.7 Å². The molecule has 0 saturated carbocycles. The molecular formula is C12H13IN2O4. The highest BCUT2D eigenvalue weighted by Gasteiger charge is 2.24. The van der Waals surface area contributed by atoms with Crippen LogP contribution in [0, 0.1) is 13.7 Å². The molecule has 19 heavy (non-hydrogen) atoms. The Morgan fingerprint density at radius 2 is 2.05 bits per heavy atom. The molecule has 6 nitrogen and oxygen atoms in total. The van der Waals surface area contributed by atoms with Crippen molar-refractivity contribution in [2.45, 2.75) is 18.9 Å². The van der Waals surface area contributed by atoms with E-state index >= 15 is 0 Å². The van der Waals surface area contributed by atoms with Crippen LogP contribution in [-0.4, -0.2) is 40.0 Å². The van der Waals surface area contributed by atoms with E-state index < -0.39 is 4.92 Å². The fourth-order valence-electron chi connectivity index (χ4n) is 2.03. The van der Waals surface area contributed by atoms with Gasteiger partial charge in [-0.05, 0) is 41.5 Å². The minimum Gasteiger partial charge on any atom is -0.393 e. The highest BCUT2D eigenvalue weighted by molar-refractivity contribution is 14.1. The third-order valence-electron chi connectivity index (χ3n) is 3.14. The molecule has 0 aromatic heterocycles. The number of rotatable bonds is 2. The van der Waals surface area contributed by atoms with Gasteiger partial charge in [0.15, 0.2) is 0 Å². The van der Waals surface area contributed by atoms with Gasteiger partial charge in [0, 0.05) is 28.8 Å². The molecule has 0 aliphatic carbocycles. The van der Waals surface area contributed by atoms with E-state index in [1.807, 2.05) is 22.6 Å². The summed E-state index contributed by atoms with van der Waals surface area (Å²) in [7, 11) is 0. The standard InChI is InChI=1S/C12H13IN2O4/c13-11-2-1-8(15(18)19)7-10(11)12(17)14-5-3-9(16)4-6-14/h1-2,7,9,16H,3-6H2. The predicted octanol–water partition coefficient (Wildman–Crippen LogP) is 1.80. The Labute approximate surface area is 123 Å². The predicted molar refractivity (Wildman–Crippen MR) is 77.0 cm³/mol. The number of halogens is 1. The molecule has 1 fully saturated rings. The number of benzene rings is 1. The number of likely N-dealkylation sites (tertiary alicyclic amines) is 1. The minimum atomic E-state index is -0.507. The first-order chi connectivity index (χ1) is 8.99. The van der Waals surface area contributed by atoms with Gasteiger partial charge in [-0.3, -0.25) is 14.9 Å². The van der Waals surface area contributed by atoms with Crippen LogP contribution in [0.4, 0.5) is 5.69 Å². The van der Waals surface area contributed by atoms with Gasteiger partial charge >= 0.3 is 0 Å². The van der Waals surface area contributed by atoms with Crippen LogP contribution in [0.5, 0.6) is 0 Å². The molecule has 1 aliphatic rings. The maximum Gasteiger partial charge on any atom is 0.270 e. The number of carbonyl (C=O) groups excluding carboxylic acids is 1. The lowest BCUT2D eigenvalue weighted by atomic mass is 10.1. The third-order valence-corrected chi connectivity index (χ3v) is 4.08.